The Morgan fingerprint density at radius 2 is 2.00 bits per heavy atom. The van der Waals surface area contributed by atoms with Crippen LogP contribution in [0.1, 0.15) is 46.5 Å². The SMILES string of the molecule is CCCCCCN1CC(=O)NC(C(C)C)C1=O. The van der Waals surface area contributed by atoms with Gasteiger partial charge in [0.15, 0.2) is 0 Å². The van der Waals surface area contributed by atoms with E-state index in [1.165, 1.54) is 12.8 Å². The Kier molecular flexibility index (Phi) is 5.45. The topological polar surface area (TPSA) is 49.4 Å². The summed E-state index contributed by atoms with van der Waals surface area (Å²) >= 11 is 0. The van der Waals surface area contributed by atoms with Crippen LogP contribution in [0.4, 0.5) is 0 Å². The Morgan fingerprint density at radius 1 is 1.29 bits per heavy atom. The number of amides is 2. The van der Waals surface area contributed by atoms with E-state index in [1.54, 1.807) is 4.90 Å². The van der Waals surface area contributed by atoms with Crippen molar-refractivity contribution in [1.29, 1.82) is 0 Å². The molecule has 4 heteroatoms. The molecule has 0 aromatic heterocycles. The molecule has 0 radical (unpaired) electrons. The van der Waals surface area contributed by atoms with Crippen LogP contribution in [-0.4, -0.2) is 35.8 Å². The van der Waals surface area contributed by atoms with Crippen LogP contribution in [0.5, 0.6) is 0 Å². The van der Waals surface area contributed by atoms with Crippen LogP contribution in [0.15, 0.2) is 0 Å². The van der Waals surface area contributed by atoms with Gasteiger partial charge in [0.05, 0.1) is 6.54 Å². The van der Waals surface area contributed by atoms with Gasteiger partial charge in [-0.15, -0.1) is 0 Å². The van der Waals surface area contributed by atoms with Crippen molar-refractivity contribution >= 4 is 11.8 Å². The Morgan fingerprint density at radius 3 is 2.59 bits per heavy atom. The fourth-order valence-corrected chi connectivity index (χ4v) is 2.10. The van der Waals surface area contributed by atoms with E-state index in [1.807, 2.05) is 13.8 Å². The predicted octanol–water partition coefficient (Wildman–Crippen LogP) is 1.55. The summed E-state index contributed by atoms with van der Waals surface area (Å²) in [6, 6.07) is -0.331. The van der Waals surface area contributed by atoms with E-state index in [4.69, 9.17) is 0 Å². The molecule has 4 nitrogen and oxygen atoms in total. The smallest absolute Gasteiger partial charge is 0.245 e. The van der Waals surface area contributed by atoms with E-state index in [0.717, 1.165) is 19.4 Å². The number of carbonyl (C=O) groups is 2. The van der Waals surface area contributed by atoms with Crippen molar-refractivity contribution < 1.29 is 9.59 Å². The standard InChI is InChI=1S/C13H24N2O2/c1-4-5-6-7-8-15-9-11(16)14-12(10(2)3)13(15)17/h10,12H,4-9H2,1-3H3,(H,14,16). The van der Waals surface area contributed by atoms with Crippen molar-refractivity contribution in [3.8, 4) is 0 Å². The molecule has 1 N–H and O–H groups in total. The average molecular weight is 240 g/mol. The summed E-state index contributed by atoms with van der Waals surface area (Å²) in [6.45, 7) is 7.03. The lowest BCUT2D eigenvalue weighted by molar-refractivity contribution is -0.145. The summed E-state index contributed by atoms with van der Waals surface area (Å²) in [5.74, 6) is 0.208. The van der Waals surface area contributed by atoms with Crippen molar-refractivity contribution in [2.45, 2.75) is 52.5 Å². The van der Waals surface area contributed by atoms with Gasteiger partial charge in [-0.3, -0.25) is 9.59 Å². The van der Waals surface area contributed by atoms with Crippen LogP contribution in [0.3, 0.4) is 0 Å². The van der Waals surface area contributed by atoms with E-state index in [0.29, 0.717) is 0 Å². The zero-order valence-electron chi connectivity index (χ0n) is 11.2. The minimum atomic E-state index is -0.331. The van der Waals surface area contributed by atoms with Crippen LogP contribution in [0.2, 0.25) is 0 Å². The molecule has 1 aliphatic heterocycles. The van der Waals surface area contributed by atoms with Crippen LogP contribution in [0, 0.1) is 5.92 Å². The Bertz CT molecular complexity index is 277. The molecule has 1 saturated heterocycles. The summed E-state index contributed by atoms with van der Waals surface area (Å²) in [5, 5.41) is 2.77. The lowest BCUT2D eigenvalue weighted by Crippen LogP contribution is -2.59. The molecular formula is C13H24N2O2. The molecule has 0 aliphatic carbocycles. The van der Waals surface area contributed by atoms with Gasteiger partial charge in [-0.1, -0.05) is 40.0 Å². The molecule has 0 bridgehead atoms. The van der Waals surface area contributed by atoms with Crippen LogP contribution < -0.4 is 5.32 Å². The van der Waals surface area contributed by atoms with Gasteiger partial charge in [0.2, 0.25) is 11.8 Å². The molecule has 1 atom stereocenters. The first-order chi connectivity index (χ1) is 8.06. The van der Waals surface area contributed by atoms with Gasteiger partial charge in [-0.25, -0.2) is 0 Å². The highest BCUT2D eigenvalue weighted by Crippen LogP contribution is 2.12. The molecule has 0 aromatic rings. The number of rotatable bonds is 6. The maximum Gasteiger partial charge on any atom is 0.245 e. The van der Waals surface area contributed by atoms with Gasteiger partial charge >= 0.3 is 0 Å². The van der Waals surface area contributed by atoms with E-state index < -0.39 is 0 Å². The third kappa shape index (κ3) is 4.02. The van der Waals surface area contributed by atoms with Crippen molar-refractivity contribution in [2.75, 3.05) is 13.1 Å². The first kappa shape index (κ1) is 14.0. The highest BCUT2D eigenvalue weighted by atomic mass is 16.2. The highest BCUT2D eigenvalue weighted by Gasteiger charge is 2.33. The van der Waals surface area contributed by atoms with Gasteiger partial charge in [0.1, 0.15) is 6.04 Å². The zero-order valence-corrected chi connectivity index (χ0v) is 11.2. The number of nitrogens with zero attached hydrogens (tertiary/aromatic N) is 1. The summed E-state index contributed by atoms with van der Waals surface area (Å²) in [5.41, 5.74) is 0. The molecule has 0 aromatic carbocycles. The molecule has 98 valence electrons. The first-order valence-electron chi connectivity index (χ1n) is 6.64. The second-order valence-electron chi connectivity index (χ2n) is 5.11. The van der Waals surface area contributed by atoms with Crippen LogP contribution >= 0.6 is 0 Å². The largest absolute Gasteiger partial charge is 0.343 e. The highest BCUT2D eigenvalue weighted by molar-refractivity contribution is 5.94. The van der Waals surface area contributed by atoms with Crippen molar-refractivity contribution in [2.24, 2.45) is 5.92 Å². The van der Waals surface area contributed by atoms with Gasteiger partial charge in [0, 0.05) is 6.54 Å². The minimum absolute atomic E-state index is 0.0289. The summed E-state index contributed by atoms with van der Waals surface area (Å²) in [6.07, 6.45) is 4.51. The molecule has 1 rings (SSSR count). The third-order valence-corrected chi connectivity index (χ3v) is 3.18. The van der Waals surface area contributed by atoms with Gasteiger partial charge < -0.3 is 10.2 Å². The molecule has 1 unspecified atom stereocenters. The summed E-state index contributed by atoms with van der Waals surface area (Å²) in [7, 11) is 0. The molecular weight excluding hydrogens is 216 g/mol. The quantitative estimate of drug-likeness (QED) is 0.716. The number of piperazine rings is 1. The fourth-order valence-electron chi connectivity index (χ4n) is 2.10. The summed E-state index contributed by atoms with van der Waals surface area (Å²) < 4.78 is 0. The van der Waals surface area contributed by atoms with Crippen LogP contribution in [-0.2, 0) is 9.59 Å². The average Bonchev–Trinajstić information content (AvgIpc) is 2.28. The van der Waals surface area contributed by atoms with Crippen molar-refractivity contribution in [3.63, 3.8) is 0 Å². The maximum atomic E-state index is 12.1. The molecule has 17 heavy (non-hydrogen) atoms. The number of hydrogen-bond donors (Lipinski definition) is 1. The molecule has 1 heterocycles. The Balaban J connectivity index is 2.47. The molecule has 1 fully saturated rings. The zero-order chi connectivity index (χ0) is 12.8. The van der Waals surface area contributed by atoms with Crippen LogP contribution in [0.25, 0.3) is 0 Å². The summed E-state index contributed by atoms with van der Waals surface area (Å²) in [4.78, 5) is 25.3. The number of carbonyl (C=O) groups excluding carboxylic acids is 2. The van der Waals surface area contributed by atoms with Gasteiger partial charge in [0.25, 0.3) is 0 Å². The second-order valence-corrected chi connectivity index (χ2v) is 5.11. The lowest BCUT2D eigenvalue weighted by Gasteiger charge is -2.34. The van der Waals surface area contributed by atoms with E-state index >= 15 is 0 Å². The minimum Gasteiger partial charge on any atom is -0.343 e. The maximum absolute atomic E-state index is 12.1. The normalized spacial score (nSPS) is 20.9. The number of hydrogen-bond acceptors (Lipinski definition) is 2. The fraction of sp³-hybridized carbons (Fsp3) is 0.846. The van der Waals surface area contributed by atoms with Crippen molar-refractivity contribution in [3.05, 3.63) is 0 Å². The molecule has 2 amide bonds. The Hall–Kier alpha value is -1.06. The Labute approximate surface area is 104 Å². The monoisotopic (exact) mass is 240 g/mol. The molecule has 0 saturated carbocycles. The third-order valence-electron chi connectivity index (χ3n) is 3.18. The second kappa shape index (κ2) is 6.62. The first-order valence-corrected chi connectivity index (χ1v) is 6.64. The molecule has 1 aliphatic rings. The van der Waals surface area contributed by atoms with E-state index in [2.05, 4.69) is 12.2 Å². The number of unbranched alkanes of at least 4 members (excludes halogenated alkanes) is 3. The van der Waals surface area contributed by atoms with E-state index in [-0.39, 0.29) is 30.3 Å². The molecule has 0 spiro atoms. The number of nitrogens with one attached hydrogen (secondary N) is 1. The predicted molar refractivity (Wildman–Crippen MR) is 67.5 cm³/mol. The lowest BCUT2D eigenvalue weighted by atomic mass is 10.0. The van der Waals surface area contributed by atoms with Gasteiger partial charge in [-0.2, -0.15) is 0 Å². The van der Waals surface area contributed by atoms with E-state index in [9.17, 15) is 9.59 Å². The van der Waals surface area contributed by atoms with Gasteiger partial charge in [-0.05, 0) is 12.3 Å². The van der Waals surface area contributed by atoms with Crippen molar-refractivity contribution in [1.82, 2.24) is 10.2 Å².